The summed E-state index contributed by atoms with van der Waals surface area (Å²) in [6.07, 6.45) is 2.70. The lowest BCUT2D eigenvalue weighted by Gasteiger charge is -2.24. The molecule has 0 unspecified atom stereocenters. The average molecular weight is 330 g/mol. The van der Waals surface area contributed by atoms with Gasteiger partial charge >= 0.3 is 0 Å². The molecule has 0 spiro atoms. The number of rotatable bonds is 3. The summed E-state index contributed by atoms with van der Waals surface area (Å²) in [7, 11) is 0. The van der Waals surface area contributed by atoms with E-state index in [1.165, 1.54) is 42.6 Å². The molecule has 0 N–H and O–H groups in total. The molecule has 0 bridgehead atoms. The molecule has 1 heterocycles. The molecule has 20 heavy (non-hydrogen) atoms. The summed E-state index contributed by atoms with van der Waals surface area (Å²) >= 11 is 3.48. The SMILES string of the molecule is C[C@H](c1ccc(-c2ccc(Br)cc2)cc1)N1CCCC1. The van der Waals surface area contributed by atoms with Crippen LogP contribution < -0.4 is 0 Å². The normalized spacial score (nSPS) is 17.3. The summed E-state index contributed by atoms with van der Waals surface area (Å²) in [5, 5.41) is 0. The van der Waals surface area contributed by atoms with Gasteiger partial charge < -0.3 is 0 Å². The summed E-state index contributed by atoms with van der Waals surface area (Å²) < 4.78 is 1.13. The van der Waals surface area contributed by atoms with Crippen LogP contribution in [0.3, 0.4) is 0 Å². The largest absolute Gasteiger partial charge is 0.297 e. The van der Waals surface area contributed by atoms with Crippen LogP contribution >= 0.6 is 15.9 Å². The van der Waals surface area contributed by atoms with Crippen molar-refractivity contribution < 1.29 is 0 Å². The van der Waals surface area contributed by atoms with E-state index < -0.39 is 0 Å². The molecular weight excluding hydrogens is 310 g/mol. The highest BCUT2D eigenvalue weighted by Crippen LogP contribution is 2.27. The highest BCUT2D eigenvalue weighted by Gasteiger charge is 2.19. The van der Waals surface area contributed by atoms with E-state index in [0.29, 0.717) is 6.04 Å². The molecule has 2 heteroatoms. The molecule has 0 radical (unpaired) electrons. The molecule has 1 atom stereocenters. The lowest BCUT2D eigenvalue weighted by molar-refractivity contribution is 0.263. The fraction of sp³-hybridized carbons (Fsp3) is 0.333. The van der Waals surface area contributed by atoms with Gasteiger partial charge in [0.05, 0.1) is 0 Å². The van der Waals surface area contributed by atoms with E-state index in [9.17, 15) is 0 Å². The Bertz CT molecular complexity index is 553. The molecule has 0 aliphatic carbocycles. The first-order chi connectivity index (χ1) is 9.74. The van der Waals surface area contributed by atoms with Crippen molar-refractivity contribution in [1.82, 2.24) is 4.90 Å². The van der Waals surface area contributed by atoms with Gasteiger partial charge in [0.25, 0.3) is 0 Å². The Kier molecular flexibility index (Phi) is 4.23. The van der Waals surface area contributed by atoms with Crippen molar-refractivity contribution in [2.75, 3.05) is 13.1 Å². The van der Waals surface area contributed by atoms with Crippen LogP contribution in [0, 0.1) is 0 Å². The van der Waals surface area contributed by atoms with Gasteiger partial charge in [-0.1, -0.05) is 52.3 Å². The highest BCUT2D eigenvalue weighted by atomic mass is 79.9. The molecule has 1 aliphatic rings. The quantitative estimate of drug-likeness (QED) is 0.741. The maximum absolute atomic E-state index is 3.48. The minimum atomic E-state index is 0.538. The van der Waals surface area contributed by atoms with Crippen LogP contribution in [-0.2, 0) is 0 Å². The Balaban J connectivity index is 1.78. The Hall–Kier alpha value is -1.12. The monoisotopic (exact) mass is 329 g/mol. The third-order valence-corrected chi connectivity index (χ3v) is 4.79. The second-order valence-electron chi connectivity index (χ2n) is 5.55. The van der Waals surface area contributed by atoms with Crippen molar-refractivity contribution in [3.05, 3.63) is 58.6 Å². The first kappa shape index (κ1) is 13.8. The summed E-state index contributed by atoms with van der Waals surface area (Å²) in [6, 6.07) is 18.1. The molecule has 104 valence electrons. The lowest BCUT2D eigenvalue weighted by atomic mass is 10.0. The van der Waals surface area contributed by atoms with E-state index in [-0.39, 0.29) is 0 Å². The molecule has 1 fully saturated rings. The third kappa shape index (κ3) is 2.97. The molecule has 1 aliphatic heterocycles. The maximum atomic E-state index is 3.48. The number of halogens is 1. The van der Waals surface area contributed by atoms with Crippen molar-refractivity contribution >= 4 is 15.9 Å². The topological polar surface area (TPSA) is 3.24 Å². The van der Waals surface area contributed by atoms with Crippen LogP contribution in [0.1, 0.15) is 31.4 Å². The molecule has 0 saturated carbocycles. The van der Waals surface area contributed by atoms with Crippen LogP contribution in [0.4, 0.5) is 0 Å². The minimum absolute atomic E-state index is 0.538. The smallest absolute Gasteiger partial charge is 0.0319 e. The van der Waals surface area contributed by atoms with Gasteiger partial charge in [-0.05, 0) is 61.7 Å². The predicted molar refractivity (Wildman–Crippen MR) is 88.8 cm³/mol. The van der Waals surface area contributed by atoms with Crippen molar-refractivity contribution in [2.45, 2.75) is 25.8 Å². The first-order valence-electron chi connectivity index (χ1n) is 7.34. The number of hydrogen-bond acceptors (Lipinski definition) is 1. The minimum Gasteiger partial charge on any atom is -0.297 e. The van der Waals surface area contributed by atoms with Crippen LogP contribution in [0.5, 0.6) is 0 Å². The molecular formula is C18H20BrN. The molecule has 2 aromatic carbocycles. The van der Waals surface area contributed by atoms with E-state index >= 15 is 0 Å². The van der Waals surface area contributed by atoms with Gasteiger partial charge in [0.2, 0.25) is 0 Å². The summed E-state index contributed by atoms with van der Waals surface area (Å²) in [5.41, 5.74) is 3.98. The Morgan fingerprint density at radius 2 is 1.35 bits per heavy atom. The number of benzene rings is 2. The van der Waals surface area contributed by atoms with E-state index in [2.05, 4.69) is 76.3 Å². The van der Waals surface area contributed by atoms with Gasteiger partial charge in [-0.2, -0.15) is 0 Å². The van der Waals surface area contributed by atoms with E-state index in [0.717, 1.165) is 4.47 Å². The molecule has 0 aromatic heterocycles. The van der Waals surface area contributed by atoms with Crippen LogP contribution in [0.2, 0.25) is 0 Å². The van der Waals surface area contributed by atoms with Crippen LogP contribution in [0.25, 0.3) is 11.1 Å². The van der Waals surface area contributed by atoms with Crippen molar-refractivity contribution in [3.63, 3.8) is 0 Å². The zero-order valence-electron chi connectivity index (χ0n) is 11.8. The van der Waals surface area contributed by atoms with Gasteiger partial charge in [0.15, 0.2) is 0 Å². The predicted octanol–water partition coefficient (Wildman–Crippen LogP) is 5.27. The van der Waals surface area contributed by atoms with Crippen molar-refractivity contribution in [2.24, 2.45) is 0 Å². The van der Waals surface area contributed by atoms with E-state index in [1.807, 2.05) is 0 Å². The number of likely N-dealkylation sites (tertiary alicyclic amines) is 1. The average Bonchev–Trinajstić information content (AvgIpc) is 3.02. The summed E-state index contributed by atoms with van der Waals surface area (Å²) in [5.74, 6) is 0. The fourth-order valence-corrected chi connectivity index (χ4v) is 3.20. The summed E-state index contributed by atoms with van der Waals surface area (Å²) in [4.78, 5) is 2.58. The molecule has 3 rings (SSSR count). The van der Waals surface area contributed by atoms with Gasteiger partial charge in [0.1, 0.15) is 0 Å². The summed E-state index contributed by atoms with van der Waals surface area (Å²) in [6.45, 7) is 4.81. The Labute approximate surface area is 129 Å². The van der Waals surface area contributed by atoms with Gasteiger partial charge in [-0.25, -0.2) is 0 Å². The third-order valence-electron chi connectivity index (χ3n) is 4.26. The number of nitrogens with zero attached hydrogens (tertiary/aromatic N) is 1. The lowest BCUT2D eigenvalue weighted by Crippen LogP contribution is -2.23. The number of hydrogen-bond donors (Lipinski definition) is 0. The van der Waals surface area contributed by atoms with Gasteiger partial charge in [0, 0.05) is 10.5 Å². The van der Waals surface area contributed by atoms with Crippen molar-refractivity contribution in [3.8, 4) is 11.1 Å². The first-order valence-corrected chi connectivity index (χ1v) is 8.13. The highest BCUT2D eigenvalue weighted by molar-refractivity contribution is 9.10. The molecule has 0 amide bonds. The second kappa shape index (κ2) is 6.11. The fourth-order valence-electron chi connectivity index (χ4n) is 2.94. The van der Waals surface area contributed by atoms with Crippen LogP contribution in [-0.4, -0.2) is 18.0 Å². The Morgan fingerprint density at radius 3 is 1.90 bits per heavy atom. The van der Waals surface area contributed by atoms with E-state index in [1.54, 1.807) is 0 Å². The van der Waals surface area contributed by atoms with Crippen molar-refractivity contribution in [1.29, 1.82) is 0 Å². The standard InChI is InChI=1S/C18H20BrN/c1-14(20-12-2-3-13-20)15-4-6-16(7-5-15)17-8-10-18(19)11-9-17/h4-11,14H,2-3,12-13H2,1H3/t14-/m1/s1. The molecule has 2 aromatic rings. The van der Waals surface area contributed by atoms with Crippen LogP contribution in [0.15, 0.2) is 53.0 Å². The van der Waals surface area contributed by atoms with Gasteiger partial charge in [-0.15, -0.1) is 0 Å². The second-order valence-corrected chi connectivity index (χ2v) is 6.46. The zero-order valence-corrected chi connectivity index (χ0v) is 13.4. The molecule has 1 nitrogen and oxygen atoms in total. The molecule has 1 saturated heterocycles. The van der Waals surface area contributed by atoms with E-state index in [4.69, 9.17) is 0 Å². The Morgan fingerprint density at radius 1 is 0.850 bits per heavy atom. The van der Waals surface area contributed by atoms with Gasteiger partial charge in [-0.3, -0.25) is 4.90 Å². The zero-order chi connectivity index (χ0) is 13.9. The maximum Gasteiger partial charge on any atom is 0.0319 e.